The zero-order valence-electron chi connectivity index (χ0n) is 13.9. The highest BCUT2D eigenvalue weighted by atomic mass is 19.4. The van der Waals surface area contributed by atoms with Crippen molar-refractivity contribution in [2.45, 2.75) is 6.18 Å². The monoisotopic (exact) mass is 378 g/mol. The lowest BCUT2D eigenvalue weighted by atomic mass is 10.2. The van der Waals surface area contributed by atoms with Crippen molar-refractivity contribution < 1.29 is 18.0 Å². The van der Waals surface area contributed by atoms with Crippen LogP contribution in [0.3, 0.4) is 0 Å². The number of carbonyl (C=O) groups excluding carboxylic acids is 1. The Morgan fingerprint density at radius 3 is 2.26 bits per heavy atom. The number of urea groups is 1. The van der Waals surface area contributed by atoms with Crippen molar-refractivity contribution in [3.05, 3.63) is 64.6 Å². The molecule has 0 saturated carbocycles. The summed E-state index contributed by atoms with van der Waals surface area (Å²) in [5.41, 5.74) is -0.473. The molecule has 1 aromatic heterocycles. The lowest BCUT2D eigenvalue weighted by Gasteiger charge is -2.11. The molecule has 2 N–H and O–H groups in total. The second-order valence-electron chi connectivity index (χ2n) is 5.50. The number of anilines is 2. The smallest absolute Gasteiger partial charge is 0.308 e. The van der Waals surface area contributed by atoms with Gasteiger partial charge in [-0.2, -0.15) is 22.5 Å². The topological polar surface area (TPSA) is 93.8 Å². The molecule has 0 atom stereocenters. The van der Waals surface area contributed by atoms with Crippen LogP contribution in [0.15, 0.2) is 53.3 Å². The molecular weight excluding hydrogens is 365 g/mol. The van der Waals surface area contributed by atoms with Gasteiger partial charge in [0.25, 0.3) is 0 Å². The second kappa shape index (κ2) is 6.94. The van der Waals surface area contributed by atoms with Gasteiger partial charge in [-0.15, -0.1) is 0 Å². The van der Waals surface area contributed by atoms with E-state index >= 15 is 0 Å². The van der Waals surface area contributed by atoms with Crippen LogP contribution in [0, 0.1) is 0 Å². The van der Waals surface area contributed by atoms with E-state index in [1.54, 1.807) is 0 Å². The third kappa shape index (κ3) is 4.14. The highest BCUT2D eigenvalue weighted by Crippen LogP contribution is 2.30. The number of hydrogen-bond acceptors (Lipinski definition) is 4. The van der Waals surface area contributed by atoms with E-state index in [0.29, 0.717) is 11.4 Å². The summed E-state index contributed by atoms with van der Waals surface area (Å²) in [6.45, 7) is 0. The fourth-order valence-corrected chi connectivity index (χ4v) is 2.23. The van der Waals surface area contributed by atoms with Crippen molar-refractivity contribution in [2.75, 3.05) is 10.6 Å². The molecule has 140 valence electrons. The van der Waals surface area contributed by atoms with E-state index in [9.17, 15) is 22.8 Å². The number of aryl methyl sites for hydroxylation is 1. The first kappa shape index (κ1) is 18.2. The molecule has 0 unspecified atom stereocenters. The summed E-state index contributed by atoms with van der Waals surface area (Å²) < 4.78 is 40.2. The van der Waals surface area contributed by atoms with E-state index in [1.807, 2.05) is 0 Å². The molecule has 0 aliphatic heterocycles. The Bertz CT molecular complexity index is 1020. The zero-order valence-corrected chi connectivity index (χ0v) is 13.9. The fourth-order valence-electron chi connectivity index (χ4n) is 2.23. The summed E-state index contributed by atoms with van der Waals surface area (Å²) >= 11 is 0. The molecule has 2 aromatic carbocycles. The highest BCUT2D eigenvalue weighted by molar-refractivity contribution is 5.99. The number of aromatic nitrogens is 4. The van der Waals surface area contributed by atoms with Crippen LogP contribution < -0.4 is 16.3 Å². The van der Waals surface area contributed by atoms with E-state index < -0.39 is 23.5 Å². The van der Waals surface area contributed by atoms with Gasteiger partial charge in [-0.05, 0) is 52.9 Å². The fraction of sp³-hybridized carbons (Fsp3) is 0.125. The van der Waals surface area contributed by atoms with E-state index in [2.05, 4.69) is 21.1 Å². The maximum atomic E-state index is 12.7. The standard InChI is InChI=1S/C16H13F3N6O2/c1-24-15(27)25(23-22-24)13-7-5-11(6-8-13)20-14(26)21-12-4-2-3-10(9-12)16(17,18)19/h2-9H,1H3,(H2,20,21,26). The van der Waals surface area contributed by atoms with E-state index in [4.69, 9.17) is 0 Å². The molecule has 0 aliphatic carbocycles. The maximum Gasteiger partial charge on any atom is 0.416 e. The quantitative estimate of drug-likeness (QED) is 0.733. The van der Waals surface area contributed by atoms with Gasteiger partial charge < -0.3 is 10.6 Å². The largest absolute Gasteiger partial charge is 0.416 e. The predicted molar refractivity (Wildman–Crippen MR) is 90.7 cm³/mol. The van der Waals surface area contributed by atoms with Crippen LogP contribution in [-0.4, -0.2) is 25.8 Å². The number of hydrogen-bond donors (Lipinski definition) is 2. The van der Waals surface area contributed by atoms with Crippen molar-refractivity contribution in [3.63, 3.8) is 0 Å². The minimum atomic E-state index is -4.50. The van der Waals surface area contributed by atoms with E-state index in [0.717, 1.165) is 21.5 Å². The Balaban J connectivity index is 1.68. The molecule has 27 heavy (non-hydrogen) atoms. The lowest BCUT2D eigenvalue weighted by Crippen LogP contribution is -2.22. The van der Waals surface area contributed by atoms with Crippen molar-refractivity contribution in [2.24, 2.45) is 7.05 Å². The van der Waals surface area contributed by atoms with Gasteiger partial charge in [0.15, 0.2) is 0 Å². The molecule has 2 amide bonds. The number of halogens is 3. The van der Waals surface area contributed by atoms with Crippen molar-refractivity contribution in [1.29, 1.82) is 0 Å². The van der Waals surface area contributed by atoms with E-state index in [1.165, 1.54) is 43.4 Å². The number of rotatable bonds is 3. The maximum absolute atomic E-state index is 12.7. The van der Waals surface area contributed by atoms with Gasteiger partial charge in [0.05, 0.1) is 11.3 Å². The number of nitrogens with one attached hydrogen (secondary N) is 2. The molecule has 0 radical (unpaired) electrons. The first-order valence-electron chi connectivity index (χ1n) is 7.59. The number of carbonyl (C=O) groups is 1. The third-order valence-corrected chi connectivity index (χ3v) is 3.54. The van der Waals surface area contributed by atoms with Crippen LogP contribution >= 0.6 is 0 Å². The van der Waals surface area contributed by atoms with Crippen molar-refractivity contribution in [1.82, 2.24) is 19.8 Å². The molecule has 3 aromatic rings. The Kier molecular flexibility index (Phi) is 4.67. The van der Waals surface area contributed by atoms with Gasteiger partial charge in [-0.1, -0.05) is 6.07 Å². The van der Waals surface area contributed by atoms with Gasteiger partial charge in [0.1, 0.15) is 0 Å². The average Bonchev–Trinajstić information content (AvgIpc) is 2.94. The highest BCUT2D eigenvalue weighted by Gasteiger charge is 2.30. The van der Waals surface area contributed by atoms with Crippen LogP contribution in [-0.2, 0) is 13.2 Å². The Morgan fingerprint density at radius 2 is 1.67 bits per heavy atom. The summed E-state index contributed by atoms with van der Waals surface area (Å²) in [6.07, 6.45) is -4.50. The minimum absolute atomic E-state index is 0.00468. The van der Waals surface area contributed by atoms with Gasteiger partial charge in [-0.3, -0.25) is 0 Å². The molecule has 8 nitrogen and oxygen atoms in total. The van der Waals surface area contributed by atoms with Crippen LogP contribution in [0.25, 0.3) is 5.69 Å². The number of nitrogens with zero attached hydrogens (tertiary/aromatic N) is 4. The van der Waals surface area contributed by atoms with Crippen LogP contribution in [0.4, 0.5) is 29.3 Å². The van der Waals surface area contributed by atoms with E-state index in [-0.39, 0.29) is 5.69 Å². The minimum Gasteiger partial charge on any atom is -0.308 e. The molecule has 3 rings (SSSR count). The molecule has 0 saturated heterocycles. The van der Waals surface area contributed by atoms with Crippen LogP contribution in [0.1, 0.15) is 5.56 Å². The summed E-state index contributed by atoms with van der Waals surface area (Å²) in [5, 5.41) is 12.1. The van der Waals surface area contributed by atoms with Crippen molar-refractivity contribution in [3.8, 4) is 5.69 Å². The number of amides is 2. The molecule has 11 heteroatoms. The summed E-state index contributed by atoms with van der Waals surface area (Å²) in [4.78, 5) is 23.7. The van der Waals surface area contributed by atoms with Gasteiger partial charge in [-0.25, -0.2) is 9.59 Å². The van der Waals surface area contributed by atoms with Gasteiger partial charge in [0, 0.05) is 18.4 Å². The van der Waals surface area contributed by atoms with Crippen LogP contribution in [0.5, 0.6) is 0 Å². The predicted octanol–water partition coefficient (Wildman–Crippen LogP) is 2.63. The average molecular weight is 378 g/mol. The first-order valence-corrected chi connectivity index (χ1v) is 7.59. The van der Waals surface area contributed by atoms with Crippen molar-refractivity contribution >= 4 is 17.4 Å². The Hall–Kier alpha value is -3.63. The molecule has 0 fully saturated rings. The number of alkyl halides is 3. The first-order chi connectivity index (χ1) is 12.7. The molecule has 0 aliphatic rings. The molecule has 0 bridgehead atoms. The number of benzene rings is 2. The zero-order chi connectivity index (χ0) is 19.6. The lowest BCUT2D eigenvalue weighted by molar-refractivity contribution is -0.137. The normalized spacial score (nSPS) is 11.3. The Morgan fingerprint density at radius 1 is 1.00 bits per heavy atom. The third-order valence-electron chi connectivity index (χ3n) is 3.54. The second-order valence-corrected chi connectivity index (χ2v) is 5.50. The summed E-state index contributed by atoms with van der Waals surface area (Å²) in [7, 11) is 1.46. The SMILES string of the molecule is Cn1nnn(-c2ccc(NC(=O)Nc3cccc(C(F)(F)F)c3)cc2)c1=O. The van der Waals surface area contributed by atoms with Gasteiger partial charge >= 0.3 is 17.9 Å². The molecule has 0 spiro atoms. The Labute approximate surface area is 150 Å². The number of tetrazole rings is 1. The van der Waals surface area contributed by atoms with Gasteiger partial charge in [0.2, 0.25) is 0 Å². The van der Waals surface area contributed by atoms with Crippen LogP contribution in [0.2, 0.25) is 0 Å². The summed E-state index contributed by atoms with van der Waals surface area (Å²) in [5.74, 6) is 0. The molecule has 1 heterocycles. The molecular formula is C16H13F3N6O2. The summed E-state index contributed by atoms with van der Waals surface area (Å²) in [6, 6.07) is 9.69.